The second kappa shape index (κ2) is 4.05. The van der Waals surface area contributed by atoms with E-state index in [-0.39, 0.29) is 13.0 Å². The van der Waals surface area contributed by atoms with Gasteiger partial charge in [-0.1, -0.05) is 11.6 Å². The minimum absolute atomic E-state index is 0.0915. The van der Waals surface area contributed by atoms with E-state index in [2.05, 4.69) is 4.98 Å². The van der Waals surface area contributed by atoms with E-state index in [0.717, 1.165) is 16.6 Å². The Labute approximate surface area is 108 Å². The van der Waals surface area contributed by atoms with Gasteiger partial charge >= 0.3 is 0 Å². The van der Waals surface area contributed by atoms with Crippen molar-refractivity contribution in [3.05, 3.63) is 35.5 Å². The van der Waals surface area contributed by atoms with Crippen LogP contribution in [-0.4, -0.2) is 24.0 Å². The highest BCUT2D eigenvalue weighted by molar-refractivity contribution is 6.35. The number of fused-ring (bicyclic) bond motifs is 1. The summed E-state index contributed by atoms with van der Waals surface area (Å²) in [5.74, 6) is -2.59. The fourth-order valence-corrected chi connectivity index (χ4v) is 2.46. The summed E-state index contributed by atoms with van der Waals surface area (Å²) in [6, 6.07) is 7.15. The largest absolute Gasteiger partial charge is 0.365 e. The third-order valence-corrected chi connectivity index (χ3v) is 3.54. The van der Waals surface area contributed by atoms with Gasteiger partial charge in [-0.3, -0.25) is 4.98 Å². The van der Waals surface area contributed by atoms with Gasteiger partial charge in [0.05, 0.1) is 17.1 Å². The number of pyridine rings is 1. The molecule has 94 valence electrons. The van der Waals surface area contributed by atoms with E-state index in [1.54, 1.807) is 17.2 Å². The minimum atomic E-state index is -2.59. The first-order valence-electron chi connectivity index (χ1n) is 5.72. The fourth-order valence-electron chi connectivity index (χ4n) is 2.25. The van der Waals surface area contributed by atoms with Gasteiger partial charge in [-0.15, -0.1) is 0 Å². The van der Waals surface area contributed by atoms with Crippen molar-refractivity contribution < 1.29 is 8.78 Å². The van der Waals surface area contributed by atoms with E-state index >= 15 is 0 Å². The van der Waals surface area contributed by atoms with Crippen LogP contribution in [0.2, 0.25) is 5.02 Å². The van der Waals surface area contributed by atoms with Gasteiger partial charge in [-0.2, -0.15) is 0 Å². The number of rotatable bonds is 1. The number of hydrogen-bond acceptors (Lipinski definition) is 2. The van der Waals surface area contributed by atoms with Crippen molar-refractivity contribution in [3.8, 4) is 0 Å². The smallest absolute Gasteiger partial charge is 0.266 e. The first kappa shape index (κ1) is 11.7. The van der Waals surface area contributed by atoms with Gasteiger partial charge in [0.15, 0.2) is 0 Å². The number of alkyl halides is 2. The monoisotopic (exact) mass is 268 g/mol. The lowest BCUT2D eigenvalue weighted by molar-refractivity contribution is 0.0257. The summed E-state index contributed by atoms with van der Waals surface area (Å²) in [4.78, 5) is 5.87. The number of benzene rings is 1. The normalized spacial score (nSPS) is 18.5. The van der Waals surface area contributed by atoms with Crippen LogP contribution in [0.4, 0.5) is 14.5 Å². The summed E-state index contributed by atoms with van der Waals surface area (Å²) in [5, 5.41) is 1.39. The number of anilines is 1. The number of aromatic nitrogens is 1. The van der Waals surface area contributed by atoms with E-state index in [9.17, 15) is 8.78 Å². The summed E-state index contributed by atoms with van der Waals surface area (Å²) in [6.45, 7) is 0.146. The molecule has 0 bridgehead atoms. The fraction of sp³-hybridized carbons (Fsp3) is 0.308. The summed E-state index contributed by atoms with van der Waals surface area (Å²) >= 11 is 6.09. The van der Waals surface area contributed by atoms with E-state index in [0.29, 0.717) is 11.6 Å². The Bertz CT molecular complexity index is 601. The van der Waals surface area contributed by atoms with Crippen molar-refractivity contribution in [1.29, 1.82) is 0 Å². The van der Waals surface area contributed by atoms with Crippen LogP contribution in [0, 0.1) is 0 Å². The molecule has 1 saturated heterocycles. The van der Waals surface area contributed by atoms with Crippen molar-refractivity contribution in [3.63, 3.8) is 0 Å². The van der Waals surface area contributed by atoms with E-state index in [1.165, 1.54) is 0 Å². The SMILES string of the molecule is FC1(F)CCN(c2ccc3nccc(Cl)c3c2)C1. The molecule has 1 aliphatic rings. The molecule has 1 aromatic heterocycles. The molecule has 1 aliphatic heterocycles. The first-order chi connectivity index (χ1) is 8.55. The quantitative estimate of drug-likeness (QED) is 0.783. The van der Waals surface area contributed by atoms with Crippen molar-refractivity contribution >= 4 is 28.2 Å². The summed E-state index contributed by atoms with van der Waals surface area (Å²) in [7, 11) is 0. The second-order valence-electron chi connectivity index (χ2n) is 4.52. The highest BCUT2D eigenvalue weighted by Gasteiger charge is 2.38. The maximum absolute atomic E-state index is 13.2. The Hall–Kier alpha value is -1.42. The molecule has 0 amide bonds. The lowest BCUT2D eigenvalue weighted by Gasteiger charge is -2.18. The van der Waals surface area contributed by atoms with Gasteiger partial charge in [0, 0.05) is 30.2 Å². The van der Waals surface area contributed by atoms with Crippen LogP contribution in [0.15, 0.2) is 30.5 Å². The molecule has 2 nitrogen and oxygen atoms in total. The molecule has 0 saturated carbocycles. The summed E-state index contributed by atoms with van der Waals surface area (Å²) in [6.07, 6.45) is 1.54. The maximum Gasteiger partial charge on any atom is 0.266 e. The molecule has 18 heavy (non-hydrogen) atoms. The van der Waals surface area contributed by atoms with Crippen molar-refractivity contribution in [2.75, 3.05) is 18.0 Å². The third-order valence-electron chi connectivity index (χ3n) is 3.21. The van der Waals surface area contributed by atoms with Crippen molar-refractivity contribution in [2.45, 2.75) is 12.3 Å². The van der Waals surface area contributed by atoms with Gasteiger partial charge in [0.25, 0.3) is 5.92 Å². The predicted octanol–water partition coefficient (Wildman–Crippen LogP) is 3.73. The lowest BCUT2D eigenvalue weighted by Crippen LogP contribution is -2.24. The molecule has 2 heterocycles. The highest BCUT2D eigenvalue weighted by atomic mass is 35.5. The van der Waals surface area contributed by atoms with Crippen LogP contribution in [0.5, 0.6) is 0 Å². The van der Waals surface area contributed by atoms with E-state index in [4.69, 9.17) is 11.6 Å². The van der Waals surface area contributed by atoms with E-state index < -0.39 is 5.92 Å². The number of halogens is 3. The zero-order valence-corrected chi connectivity index (χ0v) is 10.3. The Kier molecular flexibility index (Phi) is 2.63. The molecular formula is C13H11ClF2N2. The molecule has 2 aromatic rings. The molecule has 0 aliphatic carbocycles. The molecule has 0 N–H and O–H groups in total. The molecule has 5 heteroatoms. The van der Waals surface area contributed by atoms with Crippen LogP contribution in [0.3, 0.4) is 0 Å². The first-order valence-corrected chi connectivity index (χ1v) is 6.10. The van der Waals surface area contributed by atoms with E-state index in [1.807, 2.05) is 18.2 Å². The molecule has 0 spiro atoms. The molecule has 1 fully saturated rings. The van der Waals surface area contributed by atoms with Gasteiger partial charge in [0.2, 0.25) is 0 Å². The standard InChI is InChI=1S/C13H11ClF2N2/c14-11-3-5-17-12-2-1-9(7-10(11)12)18-6-4-13(15,16)8-18/h1-3,5,7H,4,6,8H2. The zero-order chi connectivity index (χ0) is 12.8. The Morgan fingerprint density at radius 2 is 2.11 bits per heavy atom. The third kappa shape index (κ3) is 2.01. The molecule has 0 unspecified atom stereocenters. The van der Waals surface area contributed by atoms with Crippen molar-refractivity contribution in [1.82, 2.24) is 4.98 Å². The van der Waals surface area contributed by atoms with Gasteiger partial charge < -0.3 is 4.90 Å². The average molecular weight is 269 g/mol. The van der Waals surface area contributed by atoms with Crippen LogP contribution in [0.1, 0.15) is 6.42 Å². The van der Waals surface area contributed by atoms with Gasteiger partial charge in [0.1, 0.15) is 0 Å². The molecule has 0 radical (unpaired) electrons. The summed E-state index contributed by atoms with van der Waals surface area (Å²) in [5.41, 5.74) is 1.55. The molecular weight excluding hydrogens is 258 g/mol. The number of nitrogens with zero attached hydrogens (tertiary/aromatic N) is 2. The van der Waals surface area contributed by atoms with Crippen LogP contribution >= 0.6 is 11.6 Å². The maximum atomic E-state index is 13.2. The lowest BCUT2D eigenvalue weighted by atomic mass is 10.2. The highest BCUT2D eigenvalue weighted by Crippen LogP contribution is 2.33. The number of hydrogen-bond donors (Lipinski definition) is 0. The predicted molar refractivity (Wildman–Crippen MR) is 68.5 cm³/mol. The Morgan fingerprint density at radius 1 is 1.28 bits per heavy atom. The average Bonchev–Trinajstić information content (AvgIpc) is 2.70. The Balaban J connectivity index is 2.01. The van der Waals surface area contributed by atoms with Crippen molar-refractivity contribution in [2.24, 2.45) is 0 Å². The molecule has 0 atom stereocenters. The van der Waals surface area contributed by atoms with Gasteiger partial charge in [-0.25, -0.2) is 8.78 Å². The van der Waals surface area contributed by atoms with Crippen LogP contribution in [0.25, 0.3) is 10.9 Å². The minimum Gasteiger partial charge on any atom is -0.365 e. The molecule has 3 rings (SSSR count). The Morgan fingerprint density at radius 3 is 2.83 bits per heavy atom. The van der Waals surface area contributed by atoms with Gasteiger partial charge in [-0.05, 0) is 24.3 Å². The second-order valence-corrected chi connectivity index (χ2v) is 4.93. The zero-order valence-electron chi connectivity index (χ0n) is 9.54. The van der Waals surface area contributed by atoms with Crippen LogP contribution in [-0.2, 0) is 0 Å². The van der Waals surface area contributed by atoms with Crippen LogP contribution < -0.4 is 4.90 Å². The summed E-state index contributed by atoms with van der Waals surface area (Å²) < 4.78 is 26.4. The molecule has 1 aromatic carbocycles. The topological polar surface area (TPSA) is 16.1 Å².